The first kappa shape index (κ1) is 23.4. The summed E-state index contributed by atoms with van der Waals surface area (Å²) in [5.41, 5.74) is 11.6. The molecular formula is C38H25N3. The summed E-state index contributed by atoms with van der Waals surface area (Å²) < 4.78 is 2.35. The molecule has 0 aliphatic carbocycles. The van der Waals surface area contributed by atoms with Crippen LogP contribution in [0.1, 0.15) is 0 Å². The molecule has 0 atom stereocenters. The molecule has 0 radical (unpaired) electrons. The van der Waals surface area contributed by atoms with E-state index in [-0.39, 0.29) is 0 Å². The highest BCUT2D eigenvalue weighted by Crippen LogP contribution is 2.36. The fourth-order valence-electron chi connectivity index (χ4n) is 5.83. The number of aromatic nitrogens is 3. The van der Waals surface area contributed by atoms with Gasteiger partial charge in [-0.1, -0.05) is 109 Å². The molecule has 0 aliphatic heterocycles. The van der Waals surface area contributed by atoms with Crippen molar-refractivity contribution in [3.63, 3.8) is 0 Å². The number of nitrogens with zero attached hydrogens (tertiary/aromatic N) is 3. The predicted molar refractivity (Wildman–Crippen MR) is 170 cm³/mol. The predicted octanol–water partition coefficient (Wildman–Crippen LogP) is 9.73. The van der Waals surface area contributed by atoms with Crippen molar-refractivity contribution >= 4 is 32.8 Å². The van der Waals surface area contributed by atoms with E-state index in [2.05, 4.69) is 114 Å². The zero-order chi connectivity index (χ0) is 27.2. The van der Waals surface area contributed by atoms with Crippen molar-refractivity contribution in [3.8, 4) is 39.3 Å². The molecule has 0 unspecified atom stereocenters. The number of hydrogen-bond donors (Lipinski definition) is 0. The topological polar surface area (TPSA) is 30.7 Å². The second-order valence-corrected chi connectivity index (χ2v) is 10.3. The summed E-state index contributed by atoms with van der Waals surface area (Å²) in [7, 11) is 0. The van der Waals surface area contributed by atoms with Gasteiger partial charge in [0.05, 0.1) is 33.5 Å². The molecule has 0 N–H and O–H groups in total. The minimum atomic E-state index is 0.885. The van der Waals surface area contributed by atoms with Gasteiger partial charge in [0.25, 0.3) is 0 Å². The van der Waals surface area contributed by atoms with Gasteiger partial charge in [-0.3, -0.25) is 0 Å². The molecule has 0 amide bonds. The largest absolute Gasteiger partial charge is 0.309 e. The second kappa shape index (κ2) is 9.58. The van der Waals surface area contributed by atoms with E-state index in [9.17, 15) is 0 Å². The fraction of sp³-hybridized carbons (Fsp3) is 0. The lowest BCUT2D eigenvalue weighted by molar-refractivity contribution is 1.18. The third kappa shape index (κ3) is 3.98. The summed E-state index contributed by atoms with van der Waals surface area (Å²) >= 11 is 0. The molecule has 3 heteroatoms. The SMILES string of the molecule is c1ccc(-c2ccc3c(c2)c2ccccc2n3-c2ccc(-c3nc4ccccc4nc3-c3ccccc3)cc2)cc1. The van der Waals surface area contributed by atoms with Gasteiger partial charge in [0, 0.05) is 27.6 Å². The van der Waals surface area contributed by atoms with Gasteiger partial charge in [0.15, 0.2) is 0 Å². The summed E-state index contributed by atoms with van der Waals surface area (Å²) in [6.45, 7) is 0. The van der Waals surface area contributed by atoms with Gasteiger partial charge in [-0.15, -0.1) is 0 Å². The van der Waals surface area contributed by atoms with Crippen molar-refractivity contribution in [2.75, 3.05) is 0 Å². The first-order valence-corrected chi connectivity index (χ1v) is 13.9. The number of rotatable bonds is 4. The summed E-state index contributed by atoms with van der Waals surface area (Å²) in [6.07, 6.45) is 0. The summed E-state index contributed by atoms with van der Waals surface area (Å²) in [5.74, 6) is 0. The van der Waals surface area contributed by atoms with Crippen molar-refractivity contribution in [2.24, 2.45) is 0 Å². The molecule has 0 saturated heterocycles. The molecule has 0 fully saturated rings. The normalized spacial score (nSPS) is 11.4. The lowest BCUT2D eigenvalue weighted by atomic mass is 10.0. The maximum Gasteiger partial charge on any atom is 0.0973 e. The van der Waals surface area contributed by atoms with Crippen LogP contribution in [-0.2, 0) is 0 Å². The van der Waals surface area contributed by atoms with Gasteiger partial charge >= 0.3 is 0 Å². The first-order chi connectivity index (χ1) is 20.3. The highest BCUT2D eigenvalue weighted by atomic mass is 15.0. The van der Waals surface area contributed by atoms with Crippen molar-refractivity contribution in [3.05, 3.63) is 152 Å². The Morgan fingerprint density at radius 3 is 1.56 bits per heavy atom. The number of hydrogen-bond acceptors (Lipinski definition) is 2. The average Bonchev–Trinajstić information content (AvgIpc) is 3.39. The van der Waals surface area contributed by atoms with E-state index in [1.165, 1.54) is 32.9 Å². The fourth-order valence-corrected chi connectivity index (χ4v) is 5.83. The Balaban J connectivity index is 1.28. The van der Waals surface area contributed by atoms with Crippen LogP contribution < -0.4 is 0 Å². The van der Waals surface area contributed by atoms with Crippen LogP contribution in [0.3, 0.4) is 0 Å². The van der Waals surface area contributed by atoms with Crippen molar-refractivity contribution in [2.45, 2.75) is 0 Å². The smallest absolute Gasteiger partial charge is 0.0973 e. The Morgan fingerprint density at radius 1 is 0.366 bits per heavy atom. The number of fused-ring (bicyclic) bond motifs is 4. The van der Waals surface area contributed by atoms with E-state index in [0.29, 0.717) is 0 Å². The zero-order valence-corrected chi connectivity index (χ0v) is 22.3. The molecule has 2 aromatic heterocycles. The maximum absolute atomic E-state index is 5.08. The van der Waals surface area contributed by atoms with Gasteiger partial charge < -0.3 is 4.57 Å². The first-order valence-electron chi connectivity index (χ1n) is 13.9. The lowest BCUT2D eigenvalue weighted by Crippen LogP contribution is -1.97. The maximum atomic E-state index is 5.08. The Labute approximate surface area is 238 Å². The minimum Gasteiger partial charge on any atom is -0.309 e. The Hall–Kier alpha value is -5.54. The molecule has 2 heterocycles. The molecule has 8 aromatic rings. The Kier molecular flexibility index (Phi) is 5.46. The summed E-state index contributed by atoms with van der Waals surface area (Å²) in [6, 6.07) is 53.1. The van der Waals surface area contributed by atoms with Crippen LogP contribution >= 0.6 is 0 Å². The summed E-state index contributed by atoms with van der Waals surface area (Å²) in [5, 5.41) is 2.49. The molecule has 3 nitrogen and oxygen atoms in total. The quantitative estimate of drug-likeness (QED) is 0.230. The minimum absolute atomic E-state index is 0.885. The van der Waals surface area contributed by atoms with Gasteiger partial charge in [0.1, 0.15) is 0 Å². The third-order valence-electron chi connectivity index (χ3n) is 7.80. The van der Waals surface area contributed by atoms with Crippen molar-refractivity contribution < 1.29 is 0 Å². The molecule has 8 rings (SSSR count). The zero-order valence-electron chi connectivity index (χ0n) is 22.3. The molecule has 41 heavy (non-hydrogen) atoms. The van der Waals surface area contributed by atoms with Gasteiger partial charge in [-0.2, -0.15) is 0 Å². The van der Waals surface area contributed by atoms with Crippen molar-refractivity contribution in [1.82, 2.24) is 14.5 Å². The van der Waals surface area contributed by atoms with Gasteiger partial charge in [0.2, 0.25) is 0 Å². The molecule has 0 bridgehead atoms. The molecule has 6 aromatic carbocycles. The van der Waals surface area contributed by atoms with E-state index in [1.807, 2.05) is 42.5 Å². The molecule has 192 valence electrons. The molecule has 0 saturated carbocycles. The average molecular weight is 524 g/mol. The van der Waals surface area contributed by atoms with E-state index < -0.39 is 0 Å². The second-order valence-electron chi connectivity index (χ2n) is 10.3. The van der Waals surface area contributed by atoms with E-state index in [1.54, 1.807) is 0 Å². The van der Waals surface area contributed by atoms with Gasteiger partial charge in [-0.25, -0.2) is 9.97 Å². The summed E-state index contributed by atoms with van der Waals surface area (Å²) in [4.78, 5) is 10.1. The molecule has 0 aliphatic rings. The highest BCUT2D eigenvalue weighted by Gasteiger charge is 2.16. The van der Waals surface area contributed by atoms with Crippen LogP contribution in [0.2, 0.25) is 0 Å². The van der Waals surface area contributed by atoms with E-state index in [4.69, 9.17) is 9.97 Å². The number of para-hydroxylation sites is 3. The van der Waals surface area contributed by atoms with Crippen LogP contribution in [0.5, 0.6) is 0 Å². The lowest BCUT2D eigenvalue weighted by Gasteiger charge is -2.12. The van der Waals surface area contributed by atoms with Crippen LogP contribution in [0, 0.1) is 0 Å². The van der Waals surface area contributed by atoms with Crippen LogP contribution in [0.15, 0.2) is 152 Å². The monoisotopic (exact) mass is 523 g/mol. The highest BCUT2D eigenvalue weighted by molar-refractivity contribution is 6.10. The van der Waals surface area contributed by atoms with E-state index in [0.717, 1.165) is 39.2 Å². The number of benzene rings is 6. The van der Waals surface area contributed by atoms with E-state index >= 15 is 0 Å². The van der Waals surface area contributed by atoms with Gasteiger partial charge in [-0.05, 0) is 53.6 Å². The molecular weight excluding hydrogens is 498 g/mol. The Morgan fingerprint density at radius 2 is 0.878 bits per heavy atom. The van der Waals surface area contributed by atoms with Crippen molar-refractivity contribution in [1.29, 1.82) is 0 Å². The van der Waals surface area contributed by atoms with Crippen LogP contribution in [-0.4, -0.2) is 14.5 Å². The standard InChI is InChI=1S/C38H25N3/c1-3-11-26(12-4-1)29-21-24-36-32(25-29)31-15-7-10-18-35(31)41(36)30-22-19-28(20-23-30)38-37(27-13-5-2-6-14-27)39-33-16-8-9-17-34(33)40-38/h1-25H. The molecule has 0 spiro atoms. The van der Waals surface area contributed by atoms with Crippen LogP contribution in [0.25, 0.3) is 72.2 Å². The third-order valence-corrected chi connectivity index (χ3v) is 7.80. The van der Waals surface area contributed by atoms with Crippen LogP contribution in [0.4, 0.5) is 0 Å². The Bertz CT molecular complexity index is 2180.